The lowest BCUT2D eigenvalue weighted by Gasteiger charge is -2.37. The minimum absolute atomic E-state index is 0.00222. The second-order valence-electron chi connectivity index (χ2n) is 9.89. The second kappa shape index (κ2) is 9.81. The highest BCUT2D eigenvalue weighted by molar-refractivity contribution is 6.23. The zero-order valence-electron chi connectivity index (χ0n) is 20.2. The molecule has 0 aromatic heterocycles. The van der Waals surface area contributed by atoms with Crippen LogP contribution in [0, 0.1) is 5.92 Å². The smallest absolute Gasteiger partial charge is 0.394 e. The molecule has 7 nitrogen and oxygen atoms in total. The Morgan fingerprint density at radius 1 is 1.00 bits per heavy atom. The lowest BCUT2D eigenvalue weighted by atomic mass is 9.94. The fourth-order valence-corrected chi connectivity index (χ4v) is 5.70. The average Bonchev–Trinajstić information content (AvgIpc) is 3.47. The van der Waals surface area contributed by atoms with Gasteiger partial charge in [0.15, 0.2) is 0 Å². The fourth-order valence-electron chi connectivity index (χ4n) is 5.70. The number of aliphatic hydroxyl groups is 1. The van der Waals surface area contributed by atoms with E-state index in [0.29, 0.717) is 31.7 Å². The Hall–Kier alpha value is -3.40. The number of nitrogens with zero attached hydrogens (tertiary/aromatic N) is 3. The largest absolute Gasteiger partial charge is 0.416 e. The monoisotopic (exact) mass is 515 g/mol. The van der Waals surface area contributed by atoms with Crippen LogP contribution >= 0.6 is 0 Å². The van der Waals surface area contributed by atoms with E-state index in [2.05, 4.69) is 0 Å². The van der Waals surface area contributed by atoms with Gasteiger partial charge < -0.3 is 14.9 Å². The molecule has 0 bridgehead atoms. The van der Waals surface area contributed by atoms with Crippen molar-refractivity contribution >= 4 is 23.4 Å². The number of alkyl halides is 3. The maximum Gasteiger partial charge on any atom is 0.416 e. The number of halogens is 3. The summed E-state index contributed by atoms with van der Waals surface area (Å²) in [6.45, 7) is 1.29. The molecule has 1 unspecified atom stereocenters. The van der Waals surface area contributed by atoms with Crippen LogP contribution in [0.25, 0.3) is 0 Å². The van der Waals surface area contributed by atoms with Crippen molar-refractivity contribution in [2.24, 2.45) is 5.92 Å². The Morgan fingerprint density at radius 2 is 1.76 bits per heavy atom. The quantitative estimate of drug-likeness (QED) is 0.615. The summed E-state index contributed by atoms with van der Waals surface area (Å²) in [5.41, 5.74) is 0.358. The van der Waals surface area contributed by atoms with Crippen LogP contribution in [0.2, 0.25) is 0 Å². The first-order valence-corrected chi connectivity index (χ1v) is 12.5. The molecule has 2 fully saturated rings. The van der Waals surface area contributed by atoms with E-state index >= 15 is 0 Å². The predicted molar refractivity (Wildman–Crippen MR) is 129 cm³/mol. The summed E-state index contributed by atoms with van der Waals surface area (Å²) in [5, 5.41) is 9.62. The number of imide groups is 1. The molecule has 2 aromatic rings. The van der Waals surface area contributed by atoms with Gasteiger partial charge in [-0.1, -0.05) is 18.2 Å². The van der Waals surface area contributed by atoms with E-state index in [0.717, 1.165) is 36.3 Å². The maximum atomic E-state index is 13.4. The zero-order chi connectivity index (χ0) is 26.3. The van der Waals surface area contributed by atoms with E-state index in [1.165, 1.54) is 12.1 Å². The number of anilines is 1. The van der Waals surface area contributed by atoms with Gasteiger partial charge in [-0.25, -0.2) is 0 Å². The average molecular weight is 516 g/mol. The molecule has 10 heteroatoms. The van der Waals surface area contributed by atoms with E-state index < -0.39 is 23.6 Å². The van der Waals surface area contributed by atoms with Crippen molar-refractivity contribution in [1.29, 1.82) is 0 Å². The molecular weight excluding hydrogens is 487 g/mol. The van der Waals surface area contributed by atoms with E-state index in [4.69, 9.17) is 0 Å². The summed E-state index contributed by atoms with van der Waals surface area (Å²) in [6, 6.07) is 9.43. The summed E-state index contributed by atoms with van der Waals surface area (Å²) >= 11 is 0. The van der Waals surface area contributed by atoms with E-state index in [1.54, 1.807) is 23.1 Å². The van der Waals surface area contributed by atoms with Crippen molar-refractivity contribution in [2.75, 3.05) is 31.1 Å². The Kier molecular flexibility index (Phi) is 6.70. The van der Waals surface area contributed by atoms with E-state index in [-0.39, 0.29) is 47.7 Å². The molecule has 5 rings (SSSR count). The second-order valence-corrected chi connectivity index (χ2v) is 9.89. The number of likely N-dealkylation sites (tertiary alicyclic amines) is 1. The summed E-state index contributed by atoms with van der Waals surface area (Å²) in [7, 11) is 0. The SMILES string of the molecule is O=C1c2cccc(N3CCCC(C(=O)N4CCC[C@H]4CO)C3)c2C(=O)N1Cc1cccc(C(F)(F)F)c1. The van der Waals surface area contributed by atoms with Gasteiger partial charge in [-0.05, 0) is 55.5 Å². The number of piperidine rings is 1. The van der Waals surface area contributed by atoms with Crippen molar-refractivity contribution in [3.63, 3.8) is 0 Å². The Labute approximate surface area is 212 Å². The van der Waals surface area contributed by atoms with Crippen molar-refractivity contribution < 1.29 is 32.7 Å². The summed E-state index contributed by atoms with van der Waals surface area (Å²) in [4.78, 5) is 44.5. The Morgan fingerprint density at radius 3 is 2.51 bits per heavy atom. The summed E-state index contributed by atoms with van der Waals surface area (Å²) in [6.07, 6.45) is -1.46. The first kappa shape index (κ1) is 25.3. The van der Waals surface area contributed by atoms with E-state index in [9.17, 15) is 32.7 Å². The molecule has 0 spiro atoms. The van der Waals surface area contributed by atoms with Crippen molar-refractivity contribution in [2.45, 2.75) is 44.4 Å². The molecule has 3 heterocycles. The molecule has 196 valence electrons. The van der Waals surface area contributed by atoms with Crippen LogP contribution in [-0.4, -0.2) is 64.9 Å². The van der Waals surface area contributed by atoms with Gasteiger partial charge in [0.1, 0.15) is 0 Å². The minimum Gasteiger partial charge on any atom is -0.394 e. The lowest BCUT2D eigenvalue weighted by molar-refractivity contribution is -0.138. The maximum absolute atomic E-state index is 13.4. The molecule has 3 aliphatic rings. The van der Waals surface area contributed by atoms with Crippen LogP contribution in [0.15, 0.2) is 42.5 Å². The highest BCUT2D eigenvalue weighted by atomic mass is 19.4. The summed E-state index contributed by atoms with van der Waals surface area (Å²) in [5.74, 6) is -1.39. The first-order chi connectivity index (χ1) is 17.7. The lowest BCUT2D eigenvalue weighted by Crippen LogP contribution is -2.47. The molecule has 1 N–H and O–H groups in total. The summed E-state index contributed by atoms with van der Waals surface area (Å²) < 4.78 is 39.4. The zero-order valence-corrected chi connectivity index (χ0v) is 20.2. The highest BCUT2D eigenvalue weighted by Gasteiger charge is 2.41. The molecule has 2 aromatic carbocycles. The molecule has 2 saturated heterocycles. The van der Waals surface area contributed by atoms with Crippen LogP contribution in [0.3, 0.4) is 0 Å². The molecule has 3 aliphatic heterocycles. The van der Waals surface area contributed by atoms with Crippen LogP contribution in [-0.2, 0) is 17.5 Å². The number of rotatable bonds is 5. The third-order valence-electron chi connectivity index (χ3n) is 7.55. The van der Waals surface area contributed by atoms with Gasteiger partial charge in [-0.2, -0.15) is 13.2 Å². The number of aliphatic hydroxyl groups excluding tert-OH is 1. The number of amides is 3. The van der Waals surface area contributed by atoms with Gasteiger partial charge in [-0.3, -0.25) is 19.3 Å². The van der Waals surface area contributed by atoms with Crippen LogP contribution in [0.4, 0.5) is 18.9 Å². The van der Waals surface area contributed by atoms with Crippen LogP contribution in [0.5, 0.6) is 0 Å². The van der Waals surface area contributed by atoms with Crippen molar-refractivity contribution in [1.82, 2.24) is 9.80 Å². The van der Waals surface area contributed by atoms with Gasteiger partial charge in [0.2, 0.25) is 5.91 Å². The molecule has 0 saturated carbocycles. The normalized spacial score (nSPS) is 22.1. The first-order valence-electron chi connectivity index (χ1n) is 12.5. The van der Waals surface area contributed by atoms with Gasteiger partial charge in [-0.15, -0.1) is 0 Å². The number of carbonyl (C=O) groups is 3. The Bertz CT molecular complexity index is 1230. The van der Waals surface area contributed by atoms with Crippen molar-refractivity contribution in [3.05, 3.63) is 64.7 Å². The van der Waals surface area contributed by atoms with Gasteiger partial charge in [0, 0.05) is 19.6 Å². The standard InChI is InChI=1S/C27H28F3N3O4/c28-27(29,30)19-7-1-5-17(13-19)14-33-25(36)21-9-2-10-22(23(21)26(33)37)31-11-3-6-18(15-31)24(35)32-12-4-8-20(32)16-34/h1-2,5,7,9-10,13,18,20,34H,3-4,6,8,11-12,14-16H2/t18?,20-/m0/s1. The third kappa shape index (κ3) is 4.70. The topological polar surface area (TPSA) is 81.2 Å². The van der Waals surface area contributed by atoms with Crippen molar-refractivity contribution in [3.8, 4) is 0 Å². The van der Waals surface area contributed by atoms with Crippen LogP contribution < -0.4 is 4.90 Å². The molecule has 3 amide bonds. The van der Waals surface area contributed by atoms with Crippen LogP contribution in [0.1, 0.15) is 57.5 Å². The number of hydrogen-bond acceptors (Lipinski definition) is 5. The molecule has 2 atom stereocenters. The molecule has 37 heavy (non-hydrogen) atoms. The number of hydrogen-bond donors (Lipinski definition) is 1. The third-order valence-corrected chi connectivity index (χ3v) is 7.55. The number of carbonyl (C=O) groups excluding carboxylic acids is 3. The number of fused-ring (bicyclic) bond motifs is 1. The van der Waals surface area contributed by atoms with Gasteiger partial charge in [0.25, 0.3) is 11.8 Å². The molecule has 0 radical (unpaired) electrons. The van der Waals surface area contributed by atoms with Gasteiger partial charge in [0.05, 0.1) is 47.5 Å². The molecular formula is C27H28F3N3O4. The highest BCUT2D eigenvalue weighted by Crippen LogP contribution is 2.36. The minimum atomic E-state index is -4.53. The number of benzene rings is 2. The van der Waals surface area contributed by atoms with Gasteiger partial charge >= 0.3 is 6.18 Å². The molecule has 0 aliphatic carbocycles. The predicted octanol–water partition coefficient (Wildman–Crippen LogP) is 3.70. The van der Waals surface area contributed by atoms with E-state index in [1.807, 2.05) is 4.90 Å². The fraction of sp³-hybridized carbons (Fsp3) is 0.444. The Balaban J connectivity index is 1.37.